The van der Waals surface area contributed by atoms with Crippen LogP contribution in [0.2, 0.25) is 0 Å². The largest absolute Gasteiger partial charge is 0.383 e. The number of rotatable bonds is 8. The first-order valence-electron chi connectivity index (χ1n) is 6.52. The van der Waals surface area contributed by atoms with Gasteiger partial charge in [0.15, 0.2) is 0 Å². The lowest BCUT2D eigenvalue weighted by atomic mass is 9.93. The third-order valence-corrected chi connectivity index (χ3v) is 3.40. The predicted octanol–water partition coefficient (Wildman–Crippen LogP) is 2.30. The second-order valence-corrected chi connectivity index (χ2v) is 6.82. The molecule has 1 N–H and O–H groups in total. The first-order valence-corrected chi connectivity index (χ1v) is 7.34. The Morgan fingerprint density at radius 3 is 2.56 bits per heavy atom. The minimum atomic E-state index is 0.290. The van der Waals surface area contributed by atoms with E-state index in [0.717, 1.165) is 49.0 Å². The fourth-order valence-corrected chi connectivity index (χ4v) is 2.77. The average Bonchev–Trinajstić information content (AvgIpc) is 2.68. The zero-order valence-electron chi connectivity index (χ0n) is 12.0. The molecular weight excluding hydrogens is 246 g/mol. The summed E-state index contributed by atoms with van der Waals surface area (Å²) in [4.78, 5) is 0. The van der Waals surface area contributed by atoms with Crippen molar-refractivity contribution >= 4 is 11.3 Å². The molecule has 0 bridgehead atoms. The molecule has 18 heavy (non-hydrogen) atoms. The lowest BCUT2D eigenvalue weighted by Gasteiger charge is -2.14. The number of aromatic nitrogens is 2. The SMILES string of the molecule is COCCNCCCc1nnc(CC(C)(C)C)s1. The van der Waals surface area contributed by atoms with E-state index in [-0.39, 0.29) is 0 Å². The average molecular weight is 271 g/mol. The van der Waals surface area contributed by atoms with Crippen molar-refractivity contribution in [2.45, 2.75) is 40.0 Å². The molecule has 0 fully saturated rings. The zero-order chi connectivity index (χ0) is 13.4. The van der Waals surface area contributed by atoms with E-state index in [2.05, 4.69) is 36.3 Å². The van der Waals surface area contributed by atoms with Gasteiger partial charge < -0.3 is 10.1 Å². The Bertz CT molecular complexity index is 333. The highest BCUT2D eigenvalue weighted by molar-refractivity contribution is 7.11. The van der Waals surface area contributed by atoms with Gasteiger partial charge in [0.1, 0.15) is 10.0 Å². The third-order valence-electron chi connectivity index (χ3n) is 2.42. The van der Waals surface area contributed by atoms with Crippen molar-refractivity contribution in [3.8, 4) is 0 Å². The van der Waals surface area contributed by atoms with Crippen LogP contribution in [0, 0.1) is 5.41 Å². The lowest BCUT2D eigenvalue weighted by molar-refractivity contribution is 0.199. The van der Waals surface area contributed by atoms with Crippen LogP contribution in [-0.2, 0) is 17.6 Å². The number of hydrogen-bond acceptors (Lipinski definition) is 5. The van der Waals surface area contributed by atoms with E-state index in [1.807, 2.05) is 0 Å². The smallest absolute Gasteiger partial charge is 0.117 e. The third kappa shape index (κ3) is 7.03. The van der Waals surface area contributed by atoms with Gasteiger partial charge in [0, 0.05) is 26.5 Å². The van der Waals surface area contributed by atoms with Crippen LogP contribution in [0.25, 0.3) is 0 Å². The molecule has 0 unspecified atom stereocenters. The van der Waals surface area contributed by atoms with E-state index in [9.17, 15) is 0 Å². The highest BCUT2D eigenvalue weighted by Gasteiger charge is 2.14. The van der Waals surface area contributed by atoms with Crippen LogP contribution >= 0.6 is 11.3 Å². The van der Waals surface area contributed by atoms with Crippen molar-refractivity contribution in [1.29, 1.82) is 0 Å². The molecule has 0 aliphatic heterocycles. The Hall–Kier alpha value is -0.520. The molecule has 0 saturated heterocycles. The van der Waals surface area contributed by atoms with Crippen LogP contribution < -0.4 is 5.32 Å². The van der Waals surface area contributed by atoms with Gasteiger partial charge in [-0.15, -0.1) is 21.5 Å². The van der Waals surface area contributed by atoms with Crippen LogP contribution in [0.1, 0.15) is 37.2 Å². The van der Waals surface area contributed by atoms with Gasteiger partial charge in [0.05, 0.1) is 6.61 Å². The molecule has 1 aromatic heterocycles. The van der Waals surface area contributed by atoms with Crippen LogP contribution in [0.15, 0.2) is 0 Å². The summed E-state index contributed by atoms with van der Waals surface area (Å²) in [5.74, 6) is 0. The number of aryl methyl sites for hydroxylation is 1. The van der Waals surface area contributed by atoms with E-state index in [1.54, 1.807) is 18.4 Å². The van der Waals surface area contributed by atoms with Gasteiger partial charge in [0.2, 0.25) is 0 Å². The van der Waals surface area contributed by atoms with Gasteiger partial charge in [-0.1, -0.05) is 20.8 Å². The van der Waals surface area contributed by atoms with Gasteiger partial charge in [-0.2, -0.15) is 0 Å². The topological polar surface area (TPSA) is 47.0 Å². The number of nitrogens with one attached hydrogen (secondary N) is 1. The predicted molar refractivity (Wildman–Crippen MR) is 76.1 cm³/mol. The monoisotopic (exact) mass is 271 g/mol. The van der Waals surface area contributed by atoms with Crippen molar-refractivity contribution < 1.29 is 4.74 Å². The molecule has 1 heterocycles. The second kappa shape index (κ2) is 7.81. The molecule has 0 amide bonds. The Labute approximate surface area is 114 Å². The summed E-state index contributed by atoms with van der Waals surface area (Å²) in [5.41, 5.74) is 0.290. The Morgan fingerprint density at radius 1 is 1.17 bits per heavy atom. The van der Waals surface area contributed by atoms with Crippen molar-refractivity contribution in [1.82, 2.24) is 15.5 Å². The molecule has 104 valence electrons. The minimum absolute atomic E-state index is 0.290. The number of ether oxygens (including phenoxy) is 1. The molecule has 0 aromatic carbocycles. The molecule has 0 aliphatic rings. The zero-order valence-corrected chi connectivity index (χ0v) is 12.8. The summed E-state index contributed by atoms with van der Waals surface area (Å²) < 4.78 is 4.97. The Morgan fingerprint density at radius 2 is 1.89 bits per heavy atom. The van der Waals surface area contributed by atoms with Crippen molar-refractivity contribution in [2.75, 3.05) is 26.8 Å². The van der Waals surface area contributed by atoms with Crippen molar-refractivity contribution in [3.63, 3.8) is 0 Å². The highest BCUT2D eigenvalue weighted by Crippen LogP contribution is 2.23. The first kappa shape index (κ1) is 15.5. The van der Waals surface area contributed by atoms with Gasteiger partial charge in [-0.05, 0) is 18.4 Å². The van der Waals surface area contributed by atoms with E-state index in [1.165, 1.54) is 0 Å². The number of nitrogens with zero attached hydrogens (tertiary/aromatic N) is 2. The molecule has 1 rings (SSSR count). The summed E-state index contributed by atoms with van der Waals surface area (Å²) in [6, 6.07) is 0. The lowest BCUT2D eigenvalue weighted by Crippen LogP contribution is -2.20. The molecule has 0 spiro atoms. The molecular formula is C13H25N3OS. The van der Waals surface area contributed by atoms with Gasteiger partial charge in [0.25, 0.3) is 0 Å². The van der Waals surface area contributed by atoms with Gasteiger partial charge in [-0.3, -0.25) is 0 Å². The maximum absolute atomic E-state index is 4.97. The fraction of sp³-hybridized carbons (Fsp3) is 0.846. The number of hydrogen-bond donors (Lipinski definition) is 1. The second-order valence-electron chi connectivity index (χ2n) is 5.67. The van der Waals surface area contributed by atoms with E-state index in [4.69, 9.17) is 4.74 Å². The fourth-order valence-electron chi connectivity index (χ4n) is 1.58. The Kier molecular flexibility index (Phi) is 6.75. The molecule has 4 nitrogen and oxygen atoms in total. The quantitative estimate of drug-likeness (QED) is 0.737. The van der Waals surface area contributed by atoms with Crippen LogP contribution in [0.3, 0.4) is 0 Å². The molecule has 0 aliphatic carbocycles. The van der Waals surface area contributed by atoms with Crippen molar-refractivity contribution in [2.24, 2.45) is 5.41 Å². The van der Waals surface area contributed by atoms with Gasteiger partial charge in [-0.25, -0.2) is 0 Å². The Balaban J connectivity index is 2.19. The van der Waals surface area contributed by atoms with E-state index < -0.39 is 0 Å². The molecule has 0 atom stereocenters. The minimum Gasteiger partial charge on any atom is -0.383 e. The summed E-state index contributed by atoms with van der Waals surface area (Å²) in [6.07, 6.45) is 3.13. The number of methoxy groups -OCH3 is 1. The van der Waals surface area contributed by atoms with Crippen LogP contribution in [0.5, 0.6) is 0 Å². The van der Waals surface area contributed by atoms with Crippen molar-refractivity contribution in [3.05, 3.63) is 10.0 Å². The molecule has 0 radical (unpaired) electrons. The molecule has 1 aromatic rings. The summed E-state index contributed by atoms with van der Waals surface area (Å²) in [5, 5.41) is 14.2. The van der Waals surface area contributed by atoms with Crippen LogP contribution in [-0.4, -0.2) is 37.0 Å². The summed E-state index contributed by atoms with van der Waals surface area (Å²) in [6.45, 7) is 9.39. The van der Waals surface area contributed by atoms with E-state index >= 15 is 0 Å². The van der Waals surface area contributed by atoms with Gasteiger partial charge >= 0.3 is 0 Å². The summed E-state index contributed by atoms with van der Waals surface area (Å²) in [7, 11) is 1.72. The summed E-state index contributed by atoms with van der Waals surface area (Å²) >= 11 is 1.75. The van der Waals surface area contributed by atoms with Crippen LogP contribution in [0.4, 0.5) is 0 Å². The molecule has 5 heteroatoms. The highest BCUT2D eigenvalue weighted by atomic mass is 32.1. The first-order chi connectivity index (χ1) is 8.51. The maximum Gasteiger partial charge on any atom is 0.117 e. The normalized spacial score (nSPS) is 12.0. The van der Waals surface area contributed by atoms with E-state index in [0.29, 0.717) is 5.41 Å². The maximum atomic E-state index is 4.97. The molecule has 0 saturated carbocycles. The standard InChI is InChI=1S/C13H25N3OS/c1-13(2,3)10-12-16-15-11(18-12)6-5-7-14-8-9-17-4/h14H,5-10H2,1-4H3.